The van der Waals surface area contributed by atoms with Crippen molar-refractivity contribution in [3.63, 3.8) is 0 Å². The van der Waals surface area contributed by atoms with Crippen LogP contribution in [0, 0.1) is 6.92 Å². The molecule has 0 radical (unpaired) electrons. The number of nitrogens with one attached hydrogen (secondary N) is 1. The standard InChI is InChI=1S/C11H15Cl2NO3S/c1-3-17-5-4-14-18(15,16)11-6-8(2)9(12)7-10(11)13/h6-7,14H,3-5H2,1-2H3. The van der Waals surface area contributed by atoms with Crippen LogP contribution in [-0.2, 0) is 14.8 Å². The molecule has 0 aliphatic heterocycles. The number of sulfonamides is 1. The van der Waals surface area contributed by atoms with Crippen LogP contribution in [0.5, 0.6) is 0 Å². The van der Waals surface area contributed by atoms with Crippen molar-refractivity contribution in [3.05, 3.63) is 27.7 Å². The zero-order chi connectivity index (χ0) is 13.8. The summed E-state index contributed by atoms with van der Waals surface area (Å²) in [7, 11) is -3.63. The highest BCUT2D eigenvalue weighted by atomic mass is 35.5. The number of halogens is 2. The van der Waals surface area contributed by atoms with E-state index in [1.165, 1.54) is 12.1 Å². The summed E-state index contributed by atoms with van der Waals surface area (Å²) in [5, 5.41) is 0.544. The molecule has 0 heterocycles. The highest BCUT2D eigenvalue weighted by Gasteiger charge is 2.18. The van der Waals surface area contributed by atoms with Gasteiger partial charge in [0.05, 0.1) is 11.6 Å². The summed E-state index contributed by atoms with van der Waals surface area (Å²) < 4.78 is 31.4. The molecule has 0 aromatic heterocycles. The molecule has 0 unspecified atom stereocenters. The fraction of sp³-hybridized carbons (Fsp3) is 0.455. The molecule has 1 rings (SSSR count). The lowest BCUT2D eigenvalue weighted by molar-refractivity contribution is 0.153. The lowest BCUT2D eigenvalue weighted by Crippen LogP contribution is -2.27. The van der Waals surface area contributed by atoms with Gasteiger partial charge in [-0.2, -0.15) is 0 Å². The molecule has 0 atom stereocenters. The van der Waals surface area contributed by atoms with Crippen molar-refractivity contribution in [1.82, 2.24) is 4.72 Å². The molecule has 102 valence electrons. The van der Waals surface area contributed by atoms with E-state index in [-0.39, 0.29) is 16.5 Å². The van der Waals surface area contributed by atoms with Gasteiger partial charge in [0.25, 0.3) is 0 Å². The minimum absolute atomic E-state index is 0.0302. The molecule has 0 fully saturated rings. The molecule has 0 saturated carbocycles. The Bertz CT molecular complexity index is 517. The van der Waals surface area contributed by atoms with E-state index in [0.29, 0.717) is 23.8 Å². The predicted octanol–water partition coefficient (Wildman–Crippen LogP) is 2.62. The highest BCUT2D eigenvalue weighted by Crippen LogP contribution is 2.27. The van der Waals surface area contributed by atoms with Crippen molar-refractivity contribution in [1.29, 1.82) is 0 Å². The van der Waals surface area contributed by atoms with Gasteiger partial charge in [-0.15, -0.1) is 0 Å². The van der Waals surface area contributed by atoms with Gasteiger partial charge in [-0.05, 0) is 31.5 Å². The Balaban J connectivity index is 2.88. The Morgan fingerprint density at radius 2 is 1.94 bits per heavy atom. The molecular formula is C11H15Cl2NO3S. The first-order chi connectivity index (χ1) is 8.38. The van der Waals surface area contributed by atoms with Crippen LogP contribution in [0.15, 0.2) is 17.0 Å². The third-order valence-corrected chi connectivity index (χ3v) is 4.58. The number of rotatable bonds is 6. The van der Waals surface area contributed by atoms with E-state index in [1.807, 2.05) is 6.92 Å². The van der Waals surface area contributed by atoms with Gasteiger partial charge in [-0.1, -0.05) is 23.2 Å². The van der Waals surface area contributed by atoms with Crippen LogP contribution in [0.3, 0.4) is 0 Å². The third kappa shape index (κ3) is 4.10. The van der Waals surface area contributed by atoms with E-state index in [9.17, 15) is 8.42 Å². The smallest absolute Gasteiger partial charge is 0.242 e. The van der Waals surface area contributed by atoms with Crippen molar-refractivity contribution in [2.45, 2.75) is 18.7 Å². The molecule has 1 N–H and O–H groups in total. The van der Waals surface area contributed by atoms with E-state index in [1.54, 1.807) is 6.92 Å². The largest absolute Gasteiger partial charge is 0.380 e. The van der Waals surface area contributed by atoms with Crippen molar-refractivity contribution < 1.29 is 13.2 Å². The summed E-state index contributed by atoms with van der Waals surface area (Å²) in [5.74, 6) is 0. The molecule has 0 spiro atoms. The fourth-order valence-corrected chi connectivity index (χ4v) is 3.15. The Labute approximate surface area is 117 Å². The van der Waals surface area contributed by atoms with Gasteiger partial charge in [-0.25, -0.2) is 13.1 Å². The predicted molar refractivity (Wildman–Crippen MR) is 72.9 cm³/mol. The zero-order valence-electron chi connectivity index (χ0n) is 10.2. The highest BCUT2D eigenvalue weighted by molar-refractivity contribution is 7.89. The zero-order valence-corrected chi connectivity index (χ0v) is 12.5. The Hall–Kier alpha value is -0.330. The minimum Gasteiger partial charge on any atom is -0.380 e. The van der Waals surface area contributed by atoms with Gasteiger partial charge in [0.2, 0.25) is 10.0 Å². The molecular weight excluding hydrogens is 297 g/mol. The summed E-state index contributed by atoms with van der Waals surface area (Å²) in [6, 6.07) is 2.88. The number of ether oxygens (including phenoxy) is 1. The van der Waals surface area contributed by atoms with Crippen molar-refractivity contribution >= 4 is 33.2 Å². The number of hydrogen-bond donors (Lipinski definition) is 1. The monoisotopic (exact) mass is 311 g/mol. The molecule has 7 heteroatoms. The summed E-state index contributed by atoms with van der Waals surface area (Å²) in [5.41, 5.74) is 0.659. The molecule has 4 nitrogen and oxygen atoms in total. The van der Waals surface area contributed by atoms with Crippen molar-refractivity contribution in [3.8, 4) is 0 Å². The van der Waals surface area contributed by atoms with E-state index in [0.717, 1.165) is 0 Å². The molecule has 18 heavy (non-hydrogen) atoms. The number of aryl methyl sites for hydroxylation is 1. The average molecular weight is 312 g/mol. The summed E-state index contributed by atoms with van der Waals surface area (Å²) in [6.45, 7) is 4.63. The molecule has 0 aliphatic rings. The Morgan fingerprint density at radius 3 is 2.56 bits per heavy atom. The maximum atomic E-state index is 12.0. The van der Waals surface area contributed by atoms with Crippen LogP contribution in [-0.4, -0.2) is 28.2 Å². The van der Waals surface area contributed by atoms with E-state index < -0.39 is 10.0 Å². The average Bonchev–Trinajstić information content (AvgIpc) is 2.29. The minimum atomic E-state index is -3.63. The third-order valence-electron chi connectivity index (χ3n) is 2.25. The quantitative estimate of drug-likeness (QED) is 0.822. The maximum absolute atomic E-state index is 12.0. The summed E-state index contributed by atoms with van der Waals surface area (Å²) in [4.78, 5) is 0.0302. The number of hydrogen-bond acceptors (Lipinski definition) is 3. The molecule has 1 aromatic carbocycles. The molecule has 0 amide bonds. The lowest BCUT2D eigenvalue weighted by atomic mass is 10.2. The molecule has 1 aromatic rings. The Kier molecular flexibility index (Phi) is 5.88. The Morgan fingerprint density at radius 1 is 1.28 bits per heavy atom. The molecule has 0 aliphatic carbocycles. The van der Waals surface area contributed by atoms with Crippen molar-refractivity contribution in [2.75, 3.05) is 19.8 Å². The first kappa shape index (κ1) is 15.7. The van der Waals surface area contributed by atoms with Gasteiger partial charge in [0.15, 0.2) is 0 Å². The van der Waals surface area contributed by atoms with Crippen molar-refractivity contribution in [2.24, 2.45) is 0 Å². The van der Waals surface area contributed by atoms with Crippen LogP contribution < -0.4 is 4.72 Å². The maximum Gasteiger partial charge on any atom is 0.242 e. The summed E-state index contributed by atoms with van der Waals surface area (Å²) >= 11 is 11.8. The van der Waals surface area contributed by atoms with E-state index in [2.05, 4.69) is 4.72 Å². The first-order valence-corrected chi connectivity index (χ1v) is 7.65. The SMILES string of the molecule is CCOCCNS(=O)(=O)c1cc(C)c(Cl)cc1Cl. The summed E-state index contributed by atoms with van der Waals surface area (Å²) in [6.07, 6.45) is 0. The van der Waals surface area contributed by atoms with Gasteiger partial charge in [0, 0.05) is 18.2 Å². The lowest BCUT2D eigenvalue weighted by Gasteiger charge is -2.10. The van der Waals surface area contributed by atoms with Crippen LogP contribution in [0.4, 0.5) is 0 Å². The van der Waals surface area contributed by atoms with E-state index >= 15 is 0 Å². The number of benzene rings is 1. The van der Waals surface area contributed by atoms with Gasteiger partial charge < -0.3 is 4.74 Å². The van der Waals surface area contributed by atoms with Crippen LogP contribution >= 0.6 is 23.2 Å². The van der Waals surface area contributed by atoms with E-state index in [4.69, 9.17) is 27.9 Å². The van der Waals surface area contributed by atoms with Gasteiger partial charge in [-0.3, -0.25) is 0 Å². The van der Waals surface area contributed by atoms with Gasteiger partial charge in [0.1, 0.15) is 4.90 Å². The van der Waals surface area contributed by atoms with Crippen LogP contribution in [0.25, 0.3) is 0 Å². The second kappa shape index (κ2) is 6.73. The van der Waals surface area contributed by atoms with Crippen LogP contribution in [0.2, 0.25) is 10.0 Å². The normalized spacial score (nSPS) is 11.8. The van der Waals surface area contributed by atoms with Crippen LogP contribution in [0.1, 0.15) is 12.5 Å². The topological polar surface area (TPSA) is 55.4 Å². The first-order valence-electron chi connectivity index (χ1n) is 5.41. The fourth-order valence-electron chi connectivity index (χ4n) is 1.31. The van der Waals surface area contributed by atoms with Gasteiger partial charge >= 0.3 is 0 Å². The second-order valence-corrected chi connectivity index (χ2v) is 6.18. The molecule has 0 bridgehead atoms. The molecule has 0 saturated heterocycles. The second-order valence-electron chi connectivity index (χ2n) is 3.63.